The highest BCUT2D eigenvalue weighted by Crippen LogP contribution is 2.23. The number of alkyl carbamates (subject to hydrolysis) is 1. The highest BCUT2D eigenvalue weighted by molar-refractivity contribution is 5.68. The zero-order valence-electron chi connectivity index (χ0n) is 16.4. The molecule has 6 nitrogen and oxygen atoms in total. The minimum absolute atomic E-state index is 0.155. The number of carbonyl (C=O) groups excluding carboxylic acids is 1. The van der Waals surface area contributed by atoms with Gasteiger partial charge in [-0.05, 0) is 45.4 Å². The number of piperidine rings is 1. The van der Waals surface area contributed by atoms with Crippen LogP contribution in [-0.2, 0) is 11.2 Å². The van der Waals surface area contributed by atoms with Crippen LogP contribution in [0.2, 0.25) is 0 Å². The highest BCUT2D eigenvalue weighted by atomic mass is 16.6. The highest BCUT2D eigenvalue weighted by Gasteiger charge is 2.24. The molecule has 0 saturated carbocycles. The molecule has 1 saturated heterocycles. The van der Waals surface area contributed by atoms with Crippen molar-refractivity contribution in [2.24, 2.45) is 5.41 Å². The van der Waals surface area contributed by atoms with Crippen molar-refractivity contribution in [3.8, 4) is 0 Å². The van der Waals surface area contributed by atoms with Crippen molar-refractivity contribution >= 4 is 11.9 Å². The van der Waals surface area contributed by atoms with Crippen LogP contribution in [0.3, 0.4) is 0 Å². The molecule has 0 unspecified atom stereocenters. The fraction of sp³-hybridized carbons (Fsp3) is 0.737. The maximum absolute atomic E-state index is 11.9. The van der Waals surface area contributed by atoms with Gasteiger partial charge in [0.05, 0.1) is 0 Å². The van der Waals surface area contributed by atoms with Crippen LogP contribution in [0.5, 0.6) is 0 Å². The Balaban J connectivity index is 1.88. The molecule has 2 heterocycles. The van der Waals surface area contributed by atoms with Crippen LogP contribution in [0.15, 0.2) is 12.4 Å². The van der Waals surface area contributed by atoms with Gasteiger partial charge in [0, 0.05) is 30.9 Å². The number of ether oxygens (including phenoxy) is 1. The molecule has 1 aromatic heterocycles. The van der Waals surface area contributed by atoms with Crippen LogP contribution in [-0.4, -0.2) is 40.8 Å². The summed E-state index contributed by atoms with van der Waals surface area (Å²) in [5.41, 5.74) is 0.817. The van der Waals surface area contributed by atoms with Gasteiger partial charge < -0.3 is 15.0 Å². The van der Waals surface area contributed by atoms with Gasteiger partial charge in [0.2, 0.25) is 0 Å². The van der Waals surface area contributed by atoms with Crippen LogP contribution in [0.4, 0.5) is 10.6 Å². The lowest BCUT2D eigenvalue weighted by atomic mass is 9.90. The zero-order chi connectivity index (χ0) is 18.7. The summed E-state index contributed by atoms with van der Waals surface area (Å²) in [6.45, 7) is 14.0. The first-order valence-electron chi connectivity index (χ1n) is 9.07. The van der Waals surface area contributed by atoms with Gasteiger partial charge in [0.15, 0.2) is 0 Å². The fourth-order valence-electron chi connectivity index (χ4n) is 2.93. The molecule has 0 radical (unpaired) electrons. The molecule has 6 heteroatoms. The summed E-state index contributed by atoms with van der Waals surface area (Å²) < 4.78 is 5.33. The van der Waals surface area contributed by atoms with Crippen molar-refractivity contribution in [2.75, 3.05) is 18.0 Å². The molecule has 0 spiro atoms. The average Bonchev–Trinajstić information content (AvgIpc) is 2.44. The zero-order valence-corrected chi connectivity index (χ0v) is 16.4. The van der Waals surface area contributed by atoms with Gasteiger partial charge in [-0.25, -0.2) is 14.8 Å². The minimum Gasteiger partial charge on any atom is -0.444 e. The van der Waals surface area contributed by atoms with E-state index in [0.717, 1.165) is 43.9 Å². The normalized spacial score (nSPS) is 16.6. The lowest BCUT2D eigenvalue weighted by molar-refractivity contribution is 0.0497. The molecule has 0 aromatic carbocycles. The molecule has 1 aliphatic rings. The molecule has 0 aliphatic carbocycles. The Morgan fingerprint density at radius 2 is 1.84 bits per heavy atom. The second kappa shape index (κ2) is 7.58. The van der Waals surface area contributed by atoms with Crippen LogP contribution < -0.4 is 10.2 Å². The second-order valence-electron chi connectivity index (χ2n) is 9.01. The Labute approximate surface area is 151 Å². The molecule has 1 aliphatic heterocycles. The summed E-state index contributed by atoms with van der Waals surface area (Å²) in [6, 6.07) is 2.24. The Kier molecular flexibility index (Phi) is 5.91. The maximum atomic E-state index is 11.9. The first kappa shape index (κ1) is 19.5. The van der Waals surface area contributed by atoms with Crippen molar-refractivity contribution in [3.05, 3.63) is 18.1 Å². The molecule has 1 N–H and O–H groups in total. The molecule has 1 amide bonds. The van der Waals surface area contributed by atoms with E-state index in [-0.39, 0.29) is 17.6 Å². The Hall–Kier alpha value is -1.85. The van der Waals surface area contributed by atoms with Crippen LogP contribution in [0.1, 0.15) is 60.1 Å². The summed E-state index contributed by atoms with van der Waals surface area (Å²) in [5, 5.41) is 2.97. The number of carbonyl (C=O) groups is 1. The molecule has 140 valence electrons. The summed E-state index contributed by atoms with van der Waals surface area (Å²) >= 11 is 0. The molecule has 25 heavy (non-hydrogen) atoms. The van der Waals surface area contributed by atoms with Crippen molar-refractivity contribution in [1.29, 1.82) is 0 Å². The van der Waals surface area contributed by atoms with E-state index in [1.54, 1.807) is 6.33 Å². The van der Waals surface area contributed by atoms with Gasteiger partial charge >= 0.3 is 6.09 Å². The molecule has 0 bridgehead atoms. The predicted molar refractivity (Wildman–Crippen MR) is 99.8 cm³/mol. The van der Waals surface area contributed by atoms with Crippen LogP contribution in [0, 0.1) is 5.41 Å². The third-order valence-corrected chi connectivity index (χ3v) is 3.96. The maximum Gasteiger partial charge on any atom is 0.407 e. The van der Waals surface area contributed by atoms with Crippen LogP contribution in [0.25, 0.3) is 0 Å². The van der Waals surface area contributed by atoms with Crippen molar-refractivity contribution < 1.29 is 9.53 Å². The standard InChI is InChI=1S/C19H32N4O2/c1-18(2,3)12-15-11-16(21-13-20-15)23-9-7-14(8-10-23)22-17(24)25-19(4,5)6/h11,13-14H,7-10,12H2,1-6H3,(H,22,24). The first-order valence-corrected chi connectivity index (χ1v) is 9.07. The van der Waals surface area contributed by atoms with Crippen molar-refractivity contribution in [1.82, 2.24) is 15.3 Å². The van der Waals surface area contributed by atoms with Gasteiger partial charge in [-0.3, -0.25) is 0 Å². The van der Waals surface area contributed by atoms with Crippen molar-refractivity contribution in [3.63, 3.8) is 0 Å². The molecule has 0 atom stereocenters. The number of hydrogen-bond donors (Lipinski definition) is 1. The van der Waals surface area contributed by atoms with E-state index in [1.807, 2.05) is 20.8 Å². The second-order valence-corrected chi connectivity index (χ2v) is 9.01. The monoisotopic (exact) mass is 348 g/mol. The summed E-state index contributed by atoms with van der Waals surface area (Å²) in [4.78, 5) is 23.0. The number of amides is 1. The minimum atomic E-state index is -0.463. The number of rotatable bonds is 3. The predicted octanol–water partition coefficient (Wildman–Crippen LogP) is 3.56. The summed E-state index contributed by atoms with van der Waals surface area (Å²) in [6.07, 6.45) is 4.02. The molecule has 1 aromatic rings. The number of hydrogen-bond acceptors (Lipinski definition) is 5. The molecular formula is C19H32N4O2. The van der Waals surface area contributed by atoms with E-state index >= 15 is 0 Å². The number of nitrogens with one attached hydrogen (secondary N) is 1. The van der Waals surface area contributed by atoms with E-state index in [0.29, 0.717) is 0 Å². The Bertz CT molecular complexity index is 582. The van der Waals surface area contributed by atoms with E-state index in [9.17, 15) is 4.79 Å². The average molecular weight is 348 g/mol. The molecule has 2 rings (SSSR count). The lowest BCUT2D eigenvalue weighted by Crippen LogP contribution is -2.46. The Morgan fingerprint density at radius 1 is 1.20 bits per heavy atom. The quantitative estimate of drug-likeness (QED) is 0.904. The molecule has 1 fully saturated rings. The first-order chi connectivity index (χ1) is 11.5. The fourth-order valence-corrected chi connectivity index (χ4v) is 2.93. The molecular weight excluding hydrogens is 316 g/mol. The van der Waals surface area contributed by atoms with E-state index in [4.69, 9.17) is 4.74 Å². The topological polar surface area (TPSA) is 67.4 Å². The lowest BCUT2D eigenvalue weighted by Gasteiger charge is -2.33. The third-order valence-electron chi connectivity index (χ3n) is 3.96. The van der Waals surface area contributed by atoms with Gasteiger partial charge in [-0.2, -0.15) is 0 Å². The third kappa shape index (κ3) is 6.88. The van der Waals surface area contributed by atoms with E-state index < -0.39 is 5.60 Å². The smallest absolute Gasteiger partial charge is 0.407 e. The van der Waals surface area contributed by atoms with E-state index in [2.05, 4.69) is 47.0 Å². The van der Waals surface area contributed by atoms with Gasteiger partial charge in [0.1, 0.15) is 17.7 Å². The Morgan fingerprint density at radius 3 is 2.40 bits per heavy atom. The van der Waals surface area contributed by atoms with Crippen molar-refractivity contribution in [2.45, 2.75) is 72.4 Å². The summed E-state index contributed by atoms with van der Waals surface area (Å²) in [5.74, 6) is 0.977. The SMILES string of the molecule is CC(C)(C)Cc1cc(N2CCC(NC(=O)OC(C)(C)C)CC2)ncn1. The number of anilines is 1. The van der Waals surface area contributed by atoms with Gasteiger partial charge in [-0.1, -0.05) is 20.8 Å². The van der Waals surface area contributed by atoms with E-state index in [1.165, 1.54) is 0 Å². The number of aromatic nitrogens is 2. The number of nitrogens with zero attached hydrogens (tertiary/aromatic N) is 3. The van der Waals surface area contributed by atoms with Crippen LogP contribution >= 0.6 is 0 Å². The van der Waals surface area contributed by atoms with Gasteiger partial charge in [0.25, 0.3) is 0 Å². The summed E-state index contributed by atoms with van der Waals surface area (Å²) in [7, 11) is 0. The largest absolute Gasteiger partial charge is 0.444 e. The van der Waals surface area contributed by atoms with Gasteiger partial charge in [-0.15, -0.1) is 0 Å².